The van der Waals surface area contributed by atoms with Crippen LogP contribution in [0.5, 0.6) is 0 Å². The van der Waals surface area contributed by atoms with Gasteiger partial charge in [0, 0.05) is 12.5 Å². The third-order valence-corrected chi connectivity index (χ3v) is 8.75. The molecule has 0 aliphatic heterocycles. The zero-order chi connectivity index (χ0) is 67.2. The summed E-state index contributed by atoms with van der Waals surface area (Å²) in [5.74, 6) is -39.7. The van der Waals surface area contributed by atoms with Crippen LogP contribution in [-0.2, 0) is 47.5 Å². The fourth-order valence-corrected chi connectivity index (χ4v) is 4.80. The first-order valence-corrected chi connectivity index (χ1v) is 19.0. The summed E-state index contributed by atoms with van der Waals surface area (Å²) < 4.78 is 574. The molecule has 51 heteroatoms. The van der Waals surface area contributed by atoms with Gasteiger partial charge < -0.3 is 24.3 Å². The largest absolute Gasteiger partial charge is 0.462 e. The monoisotopic (exact) mass is 1340 g/mol. The van der Waals surface area contributed by atoms with Crippen molar-refractivity contribution in [2.75, 3.05) is 26.4 Å². The van der Waals surface area contributed by atoms with E-state index in [-0.39, 0.29) is 6.92 Å². The van der Waals surface area contributed by atoms with Crippen molar-refractivity contribution < 1.29 is 224 Å². The summed E-state index contributed by atoms with van der Waals surface area (Å²) in [6, 6.07) is 0. The number of ether oxygens (including phenoxy) is 8. The minimum absolute atomic E-state index is 0.239. The van der Waals surface area contributed by atoms with Crippen molar-refractivity contribution in [1.82, 2.24) is 5.32 Å². The lowest BCUT2D eigenvalue weighted by atomic mass is 9.74. The van der Waals surface area contributed by atoms with E-state index in [1.54, 1.807) is 0 Å². The smallest absolute Gasteiger partial charge is 0.460 e. The Bertz CT molecular complexity index is 2260. The molecule has 0 radical (unpaired) electrons. The molecule has 0 aromatic rings. The van der Waals surface area contributed by atoms with E-state index in [2.05, 4.69) is 25.5 Å². The van der Waals surface area contributed by atoms with Crippen LogP contribution in [0, 0.1) is 0 Å². The molecule has 0 aromatic carbocycles. The molecule has 0 fully saturated rings. The maximum Gasteiger partial charge on any atom is 0.462 e. The van der Waals surface area contributed by atoms with Gasteiger partial charge in [0.2, 0.25) is 6.17 Å². The van der Waals surface area contributed by atoms with Crippen LogP contribution < -0.4 is 5.32 Å². The molecule has 0 aliphatic rings. The van der Waals surface area contributed by atoms with Crippen LogP contribution in [0.2, 0.25) is 0 Å². The van der Waals surface area contributed by atoms with E-state index >= 15 is 48.3 Å². The molecular weight excluding hydrogens is 1320 g/mol. The summed E-state index contributed by atoms with van der Waals surface area (Å²) in [6.45, 7) is -5.12. The molecule has 1 N–H and O–H groups in total. The lowest BCUT2D eigenvalue weighted by Crippen LogP contribution is -2.82. The highest BCUT2D eigenvalue weighted by atomic mass is 19.5. The average molecular weight is 1340 g/mol. The molecule has 0 saturated carbocycles. The van der Waals surface area contributed by atoms with Gasteiger partial charge in [-0.15, -0.1) is 0 Å². The zero-order valence-electron chi connectivity index (χ0n) is 38.0. The van der Waals surface area contributed by atoms with Gasteiger partial charge >= 0.3 is 115 Å². The molecule has 5 atom stereocenters. The molecule has 83 heavy (non-hydrogen) atoms. The van der Waals surface area contributed by atoms with E-state index in [9.17, 15) is 137 Å². The standard InChI is InChI=1S/C32H20F39NO11/c1-8(2)11(74)76-5-4-72-14(75)78-7-10(79-9(3)73)6-77-13(18(38,39)81-30(66,67)20(42,43)24(51,52)53)16(35,28(62,63)83-32(70,71)22(46,47)26(57,58)59)15(34,27(60,61)82-31(68,69)21(44,45)25(54,55)56)12(33)17(36,37)80-29(64,65)19(40,41)23(48,49)50/h10,12-13H,1,4-7H2,2-3H3,(H,72,75). The first kappa shape index (κ1) is 78.0. The highest BCUT2D eigenvalue weighted by Gasteiger charge is 2.95. The Labute approximate surface area is 427 Å². The molecule has 0 rings (SSSR count). The van der Waals surface area contributed by atoms with Crippen LogP contribution in [0.3, 0.4) is 0 Å². The van der Waals surface area contributed by atoms with Crippen LogP contribution in [0.15, 0.2) is 12.2 Å². The fraction of sp³-hybridized carbons (Fsp3) is 0.844. The van der Waals surface area contributed by atoms with Crippen molar-refractivity contribution in [3.8, 4) is 0 Å². The Kier molecular flexibility index (Phi) is 22.3. The Morgan fingerprint density at radius 2 is 0.735 bits per heavy atom. The summed E-state index contributed by atoms with van der Waals surface area (Å²) in [7, 11) is 0. The molecule has 0 saturated heterocycles. The predicted octanol–water partition coefficient (Wildman–Crippen LogP) is 12.5. The van der Waals surface area contributed by atoms with Gasteiger partial charge in [0.1, 0.15) is 13.2 Å². The van der Waals surface area contributed by atoms with Gasteiger partial charge in [-0.1, -0.05) is 6.58 Å². The number of nitrogens with one attached hydrogen (secondary N) is 1. The average Bonchev–Trinajstić information content (AvgIpc) is 3.22. The van der Waals surface area contributed by atoms with E-state index in [1.807, 2.05) is 0 Å². The Balaban J connectivity index is 9.95. The second-order valence-electron chi connectivity index (χ2n) is 15.1. The van der Waals surface area contributed by atoms with E-state index < -0.39 is 177 Å². The first-order chi connectivity index (χ1) is 35.9. The van der Waals surface area contributed by atoms with Gasteiger partial charge in [-0.05, 0) is 6.92 Å². The number of hydrogen-bond acceptors (Lipinski definition) is 11. The highest BCUT2D eigenvalue weighted by Crippen LogP contribution is 2.65. The molecule has 0 aromatic heterocycles. The summed E-state index contributed by atoms with van der Waals surface area (Å²) >= 11 is 0. The maximum absolute atomic E-state index is 17.6. The number of hydrogen-bond donors (Lipinski definition) is 1. The van der Waals surface area contributed by atoms with Gasteiger partial charge in [0.05, 0.1) is 13.2 Å². The van der Waals surface area contributed by atoms with E-state index in [0.717, 1.165) is 21.1 Å². The van der Waals surface area contributed by atoms with E-state index in [1.165, 1.54) is 10.1 Å². The fourth-order valence-electron chi connectivity index (χ4n) is 4.80. The molecule has 12 nitrogen and oxygen atoms in total. The van der Waals surface area contributed by atoms with Crippen molar-refractivity contribution in [2.45, 2.75) is 141 Å². The van der Waals surface area contributed by atoms with Crippen LogP contribution in [0.25, 0.3) is 0 Å². The number of amides is 1. The lowest BCUT2D eigenvalue weighted by Gasteiger charge is -2.52. The minimum atomic E-state index is -10.8. The molecule has 5 unspecified atom stereocenters. The van der Waals surface area contributed by atoms with Gasteiger partial charge in [0.15, 0.2) is 12.2 Å². The van der Waals surface area contributed by atoms with Gasteiger partial charge in [-0.3, -0.25) is 4.79 Å². The SMILES string of the molecule is C=C(C)C(=O)OCCNC(=O)OCC(COC(C(F)(F)OC(F)(F)C(F)(F)C(F)(F)F)C(F)(C(F)(F)OC(F)(F)C(F)(F)C(F)(F)F)C(F)(C(F)C(F)(F)OC(F)(F)C(F)(F)C(F)(F)F)C(F)(F)OC(F)(F)C(F)(F)C(F)(F)F)OC(C)=O. The van der Waals surface area contributed by atoms with Crippen LogP contribution in [-0.4, -0.2) is 171 Å². The van der Waals surface area contributed by atoms with Gasteiger partial charge in [-0.25, -0.2) is 41.7 Å². The van der Waals surface area contributed by atoms with Gasteiger partial charge in [-0.2, -0.15) is 158 Å². The summed E-state index contributed by atoms with van der Waals surface area (Å²) in [5, 5.41) is 1.31. The van der Waals surface area contributed by atoms with Crippen LogP contribution in [0.1, 0.15) is 13.8 Å². The second-order valence-corrected chi connectivity index (χ2v) is 15.1. The molecule has 0 heterocycles. The molecule has 492 valence electrons. The Morgan fingerprint density at radius 1 is 0.422 bits per heavy atom. The number of esters is 2. The Hall–Kier alpha value is -4.98. The predicted molar refractivity (Wildman–Crippen MR) is 171 cm³/mol. The number of alkyl carbamates (subject to hydrolysis) is 1. The zero-order valence-corrected chi connectivity index (χ0v) is 38.0. The van der Waals surface area contributed by atoms with E-state index in [4.69, 9.17) is 0 Å². The summed E-state index contributed by atoms with van der Waals surface area (Å²) in [6.07, 6.45) is -134. The summed E-state index contributed by atoms with van der Waals surface area (Å²) in [5.41, 5.74) is -21.9. The van der Waals surface area contributed by atoms with Crippen molar-refractivity contribution in [2.24, 2.45) is 0 Å². The van der Waals surface area contributed by atoms with Crippen molar-refractivity contribution in [3.63, 3.8) is 0 Å². The lowest BCUT2D eigenvalue weighted by molar-refractivity contribution is -0.550. The molecule has 1 amide bonds. The van der Waals surface area contributed by atoms with Crippen molar-refractivity contribution in [3.05, 3.63) is 12.2 Å². The van der Waals surface area contributed by atoms with Crippen LogP contribution >= 0.6 is 0 Å². The van der Waals surface area contributed by atoms with E-state index in [0.29, 0.717) is 0 Å². The van der Waals surface area contributed by atoms with Crippen LogP contribution in [0.4, 0.5) is 176 Å². The molecule has 0 aliphatic carbocycles. The summed E-state index contributed by atoms with van der Waals surface area (Å²) in [4.78, 5) is 35.0. The number of rotatable bonds is 29. The first-order valence-electron chi connectivity index (χ1n) is 19.0. The minimum Gasteiger partial charge on any atom is -0.460 e. The number of halogens is 39. The maximum atomic E-state index is 17.6. The van der Waals surface area contributed by atoms with Gasteiger partial charge in [0.25, 0.3) is 11.3 Å². The third kappa shape index (κ3) is 15.5. The quantitative estimate of drug-likeness (QED) is 0.0252. The molecule has 0 spiro atoms. The van der Waals surface area contributed by atoms with Crippen molar-refractivity contribution in [1.29, 1.82) is 0 Å². The second kappa shape index (κ2) is 23.7. The highest BCUT2D eigenvalue weighted by molar-refractivity contribution is 5.86. The number of carbonyl (C=O) groups excluding carboxylic acids is 3. The molecule has 0 bridgehead atoms. The number of carbonyl (C=O) groups is 3. The van der Waals surface area contributed by atoms with Crippen molar-refractivity contribution >= 4 is 18.0 Å². The molecular formula is C32H20F39NO11. The Morgan fingerprint density at radius 3 is 1.05 bits per heavy atom. The number of alkyl halides is 39. The normalized spacial score (nSPS) is 17.7. The topological polar surface area (TPSA) is 137 Å². The third-order valence-electron chi connectivity index (χ3n) is 8.75.